The van der Waals surface area contributed by atoms with Crippen molar-refractivity contribution in [3.63, 3.8) is 0 Å². The van der Waals surface area contributed by atoms with Crippen molar-refractivity contribution in [3.8, 4) is 5.88 Å². The summed E-state index contributed by atoms with van der Waals surface area (Å²) in [7, 11) is 1.53. The third-order valence-corrected chi connectivity index (χ3v) is 3.23. The van der Waals surface area contributed by atoms with Crippen molar-refractivity contribution in [3.05, 3.63) is 57.7 Å². The van der Waals surface area contributed by atoms with Gasteiger partial charge in [-0.25, -0.2) is 4.98 Å². The molecule has 1 N–H and O–H groups in total. The molecule has 0 spiro atoms. The molecule has 0 saturated heterocycles. The van der Waals surface area contributed by atoms with Gasteiger partial charge in [-0.05, 0) is 23.8 Å². The summed E-state index contributed by atoms with van der Waals surface area (Å²) in [6.07, 6.45) is -0.866. The topological polar surface area (TPSA) is 42.4 Å². The summed E-state index contributed by atoms with van der Waals surface area (Å²) >= 11 is 11.7. The Morgan fingerprint density at radius 2 is 1.94 bits per heavy atom. The van der Waals surface area contributed by atoms with Gasteiger partial charge >= 0.3 is 0 Å². The predicted octanol–water partition coefficient (Wildman–Crippen LogP) is 3.48. The van der Waals surface area contributed by atoms with Crippen LogP contribution in [0.3, 0.4) is 0 Å². The highest BCUT2D eigenvalue weighted by Gasteiger charge is 2.13. The lowest BCUT2D eigenvalue weighted by Crippen LogP contribution is -2.03. The summed E-state index contributed by atoms with van der Waals surface area (Å²) in [6, 6.07) is 10.2. The number of nitrogens with zero attached hydrogens (tertiary/aromatic N) is 1. The molecule has 1 atom stereocenters. The number of methoxy groups -OCH3 is 1. The number of aliphatic hydroxyl groups is 1. The molecule has 0 amide bonds. The standard InChI is InChI=1S/C13H11Cl2NO2/c1-18-12-4-2-3-11(16-12)13(17)8-5-6-9(14)10(15)7-8/h2-7,13,17H,1H3. The van der Waals surface area contributed by atoms with Crippen LogP contribution in [0.4, 0.5) is 0 Å². The molecule has 1 unspecified atom stereocenters. The zero-order valence-corrected chi connectivity index (χ0v) is 11.1. The summed E-state index contributed by atoms with van der Waals surface area (Å²) < 4.78 is 5.01. The van der Waals surface area contributed by atoms with Crippen LogP contribution < -0.4 is 4.74 Å². The molecular formula is C13H11Cl2NO2. The minimum absolute atomic E-state index is 0.399. The number of aromatic nitrogens is 1. The molecule has 0 bridgehead atoms. The number of halogens is 2. The largest absolute Gasteiger partial charge is 0.481 e. The Labute approximate surface area is 115 Å². The summed E-state index contributed by atoms with van der Waals surface area (Å²) in [5, 5.41) is 11.1. The molecule has 0 aliphatic heterocycles. The smallest absolute Gasteiger partial charge is 0.213 e. The lowest BCUT2D eigenvalue weighted by atomic mass is 10.1. The molecule has 94 valence electrons. The molecule has 1 aromatic carbocycles. The van der Waals surface area contributed by atoms with Crippen molar-refractivity contribution >= 4 is 23.2 Å². The van der Waals surface area contributed by atoms with Crippen molar-refractivity contribution in [1.82, 2.24) is 4.98 Å². The van der Waals surface area contributed by atoms with Crippen LogP contribution >= 0.6 is 23.2 Å². The summed E-state index contributed by atoms with van der Waals surface area (Å²) in [6.45, 7) is 0. The van der Waals surface area contributed by atoms with E-state index in [0.717, 1.165) is 0 Å². The zero-order chi connectivity index (χ0) is 13.1. The van der Waals surface area contributed by atoms with Crippen LogP contribution in [0, 0.1) is 0 Å². The second kappa shape index (κ2) is 5.57. The predicted molar refractivity (Wildman–Crippen MR) is 71.3 cm³/mol. The van der Waals surface area contributed by atoms with Gasteiger partial charge in [0, 0.05) is 6.07 Å². The van der Waals surface area contributed by atoms with Crippen LogP contribution in [-0.2, 0) is 0 Å². The molecule has 0 radical (unpaired) electrons. The summed E-state index contributed by atoms with van der Waals surface area (Å²) in [4.78, 5) is 4.17. The molecule has 5 heteroatoms. The maximum Gasteiger partial charge on any atom is 0.213 e. The van der Waals surface area contributed by atoms with Gasteiger partial charge in [0.05, 0.1) is 22.8 Å². The van der Waals surface area contributed by atoms with Crippen molar-refractivity contribution < 1.29 is 9.84 Å². The van der Waals surface area contributed by atoms with Crippen molar-refractivity contribution in [2.24, 2.45) is 0 Å². The van der Waals surface area contributed by atoms with E-state index in [0.29, 0.717) is 27.2 Å². The van der Waals surface area contributed by atoms with E-state index >= 15 is 0 Å². The minimum atomic E-state index is -0.866. The highest BCUT2D eigenvalue weighted by Crippen LogP contribution is 2.28. The fourth-order valence-corrected chi connectivity index (χ4v) is 1.86. The van der Waals surface area contributed by atoms with Crippen LogP contribution in [0.15, 0.2) is 36.4 Å². The number of ether oxygens (including phenoxy) is 1. The van der Waals surface area contributed by atoms with Gasteiger partial charge in [0.2, 0.25) is 5.88 Å². The monoisotopic (exact) mass is 283 g/mol. The second-order valence-electron chi connectivity index (χ2n) is 3.68. The SMILES string of the molecule is COc1cccc(C(O)c2ccc(Cl)c(Cl)c2)n1. The van der Waals surface area contributed by atoms with Gasteiger partial charge in [0.15, 0.2) is 0 Å². The Balaban J connectivity index is 2.34. The first-order valence-corrected chi connectivity index (χ1v) is 6.01. The van der Waals surface area contributed by atoms with E-state index in [2.05, 4.69) is 4.98 Å². The van der Waals surface area contributed by atoms with Gasteiger partial charge in [-0.15, -0.1) is 0 Å². The lowest BCUT2D eigenvalue weighted by molar-refractivity contribution is 0.214. The third kappa shape index (κ3) is 2.75. The third-order valence-electron chi connectivity index (χ3n) is 2.49. The van der Waals surface area contributed by atoms with E-state index in [1.54, 1.807) is 36.4 Å². The van der Waals surface area contributed by atoms with Crippen LogP contribution in [0.1, 0.15) is 17.4 Å². The maximum atomic E-state index is 10.2. The first-order valence-electron chi connectivity index (χ1n) is 5.26. The van der Waals surface area contributed by atoms with E-state index in [9.17, 15) is 5.11 Å². The Morgan fingerprint density at radius 3 is 2.61 bits per heavy atom. The fraction of sp³-hybridized carbons (Fsp3) is 0.154. The minimum Gasteiger partial charge on any atom is -0.481 e. The molecule has 1 heterocycles. The fourth-order valence-electron chi connectivity index (χ4n) is 1.55. The first kappa shape index (κ1) is 13.1. The number of rotatable bonds is 3. The lowest BCUT2D eigenvalue weighted by Gasteiger charge is -2.12. The van der Waals surface area contributed by atoms with Gasteiger partial charge in [0.1, 0.15) is 6.10 Å². The van der Waals surface area contributed by atoms with Crippen LogP contribution in [0.2, 0.25) is 10.0 Å². The number of benzene rings is 1. The van der Waals surface area contributed by atoms with Gasteiger partial charge in [-0.3, -0.25) is 0 Å². The molecular weight excluding hydrogens is 273 g/mol. The second-order valence-corrected chi connectivity index (χ2v) is 4.50. The van der Waals surface area contributed by atoms with Crippen LogP contribution in [0.5, 0.6) is 5.88 Å². The molecule has 0 aliphatic rings. The highest BCUT2D eigenvalue weighted by atomic mass is 35.5. The van der Waals surface area contributed by atoms with Crippen molar-refractivity contribution in [1.29, 1.82) is 0 Å². The molecule has 3 nitrogen and oxygen atoms in total. The van der Waals surface area contributed by atoms with Crippen LogP contribution in [0.25, 0.3) is 0 Å². The summed E-state index contributed by atoms with van der Waals surface area (Å²) in [5.41, 5.74) is 1.12. The Hall–Kier alpha value is -1.29. The van der Waals surface area contributed by atoms with Crippen molar-refractivity contribution in [2.45, 2.75) is 6.10 Å². The molecule has 1 aromatic heterocycles. The van der Waals surface area contributed by atoms with E-state index in [1.165, 1.54) is 7.11 Å². The molecule has 0 fully saturated rings. The van der Waals surface area contributed by atoms with E-state index in [1.807, 2.05) is 0 Å². The van der Waals surface area contributed by atoms with Crippen LogP contribution in [-0.4, -0.2) is 17.2 Å². The maximum absolute atomic E-state index is 10.2. The van der Waals surface area contributed by atoms with Gasteiger partial charge in [-0.1, -0.05) is 35.3 Å². The Kier molecular flexibility index (Phi) is 4.07. The van der Waals surface area contributed by atoms with E-state index in [-0.39, 0.29) is 0 Å². The summed E-state index contributed by atoms with van der Waals surface area (Å²) in [5.74, 6) is 0.451. The number of pyridine rings is 1. The number of aliphatic hydroxyl groups excluding tert-OH is 1. The van der Waals surface area contributed by atoms with Gasteiger partial charge in [-0.2, -0.15) is 0 Å². The molecule has 0 aliphatic carbocycles. The normalized spacial score (nSPS) is 12.2. The molecule has 0 saturated carbocycles. The molecule has 18 heavy (non-hydrogen) atoms. The number of hydrogen-bond donors (Lipinski definition) is 1. The van der Waals surface area contributed by atoms with Crippen molar-refractivity contribution in [2.75, 3.05) is 7.11 Å². The van der Waals surface area contributed by atoms with Gasteiger partial charge in [0.25, 0.3) is 0 Å². The van der Waals surface area contributed by atoms with E-state index in [4.69, 9.17) is 27.9 Å². The highest BCUT2D eigenvalue weighted by molar-refractivity contribution is 6.42. The average molecular weight is 284 g/mol. The zero-order valence-electron chi connectivity index (χ0n) is 9.60. The Bertz CT molecular complexity index is 560. The number of hydrogen-bond acceptors (Lipinski definition) is 3. The van der Waals surface area contributed by atoms with Gasteiger partial charge < -0.3 is 9.84 Å². The first-order chi connectivity index (χ1) is 8.61. The molecule has 2 aromatic rings. The average Bonchev–Trinajstić information content (AvgIpc) is 2.41. The van der Waals surface area contributed by atoms with E-state index < -0.39 is 6.10 Å². The quantitative estimate of drug-likeness (QED) is 0.938. The molecule has 2 rings (SSSR count). The Morgan fingerprint density at radius 1 is 1.17 bits per heavy atom.